The molecule has 0 radical (unpaired) electrons. The molecule has 60 valence electrons. The molecule has 0 spiro atoms. The summed E-state index contributed by atoms with van der Waals surface area (Å²) in [6.07, 6.45) is 4.88. The maximum Gasteiger partial charge on any atom is 0.161 e. The summed E-state index contributed by atoms with van der Waals surface area (Å²) in [7, 11) is 0. The summed E-state index contributed by atoms with van der Waals surface area (Å²) in [5.41, 5.74) is 2.34. The first-order valence-electron chi connectivity index (χ1n) is 4.30. The topological polar surface area (TPSA) is 4.36 Å². The van der Waals surface area contributed by atoms with Crippen LogP contribution in [-0.4, -0.2) is 0 Å². The second kappa shape index (κ2) is 3.57. The van der Waals surface area contributed by atoms with Gasteiger partial charge in [0.2, 0.25) is 0 Å². The highest BCUT2D eigenvalue weighted by Gasteiger charge is 2.13. The summed E-state index contributed by atoms with van der Waals surface area (Å²) in [5.74, 6) is 0.872. The van der Waals surface area contributed by atoms with Crippen molar-refractivity contribution >= 4 is 0 Å². The third kappa shape index (κ3) is 2.08. The van der Waals surface area contributed by atoms with Crippen LogP contribution in [-0.2, 0) is 0 Å². The molecule has 1 aliphatic rings. The molecular weight excluding hydrogens is 134 g/mol. The summed E-state index contributed by atoms with van der Waals surface area (Å²) < 4.78 is 0. The molecule has 0 bridgehead atoms. The van der Waals surface area contributed by atoms with Crippen LogP contribution < -0.4 is 0 Å². The molecule has 1 rings (SSSR count). The van der Waals surface area contributed by atoms with Crippen LogP contribution in [0, 0.1) is 12.5 Å². The molecule has 0 atom stereocenters. The fourth-order valence-corrected chi connectivity index (χ4v) is 1.55. The lowest BCUT2D eigenvalue weighted by Crippen LogP contribution is -2.04. The normalized spacial score (nSPS) is 24.5. The minimum absolute atomic E-state index is 0.872. The molecular formula is C10H15N. The molecule has 0 aliphatic heterocycles. The molecule has 0 unspecified atom stereocenters. The molecule has 1 nitrogen and oxygen atoms in total. The molecule has 0 saturated heterocycles. The largest absolute Gasteiger partial charge is 0.243 e. The van der Waals surface area contributed by atoms with E-state index in [4.69, 9.17) is 6.57 Å². The van der Waals surface area contributed by atoms with Crippen molar-refractivity contribution in [1.29, 1.82) is 0 Å². The molecule has 0 amide bonds. The lowest BCUT2D eigenvalue weighted by molar-refractivity contribution is 0.442. The minimum Gasteiger partial charge on any atom is -0.243 e. The number of rotatable bonds is 0. The Balaban J connectivity index is 2.59. The van der Waals surface area contributed by atoms with Crippen LogP contribution in [0.15, 0.2) is 11.3 Å². The zero-order valence-electron chi connectivity index (χ0n) is 7.35. The van der Waals surface area contributed by atoms with E-state index in [1.54, 1.807) is 0 Å². The molecule has 0 N–H and O–H groups in total. The second-order valence-corrected chi connectivity index (χ2v) is 3.48. The summed E-state index contributed by atoms with van der Waals surface area (Å²) >= 11 is 0. The van der Waals surface area contributed by atoms with Crippen LogP contribution in [0.5, 0.6) is 0 Å². The van der Waals surface area contributed by atoms with Crippen LogP contribution in [0.25, 0.3) is 4.85 Å². The number of nitrogens with zero attached hydrogens (tertiary/aromatic N) is 1. The van der Waals surface area contributed by atoms with E-state index in [-0.39, 0.29) is 0 Å². The van der Waals surface area contributed by atoms with Crippen molar-refractivity contribution in [2.75, 3.05) is 0 Å². The zero-order valence-corrected chi connectivity index (χ0v) is 7.35. The Kier molecular flexibility index (Phi) is 2.70. The minimum atomic E-state index is 0.872. The van der Waals surface area contributed by atoms with E-state index >= 15 is 0 Å². The maximum absolute atomic E-state index is 6.86. The Morgan fingerprint density at radius 3 is 2.45 bits per heavy atom. The van der Waals surface area contributed by atoms with Crippen LogP contribution in [0.3, 0.4) is 0 Å². The summed E-state index contributed by atoms with van der Waals surface area (Å²) in [5, 5.41) is 0. The number of hydrogen-bond donors (Lipinski definition) is 0. The van der Waals surface area contributed by atoms with Gasteiger partial charge in [0.05, 0.1) is 6.57 Å². The molecule has 1 aliphatic carbocycles. The first-order valence-corrected chi connectivity index (χ1v) is 4.30. The predicted octanol–water partition coefficient (Wildman–Crippen LogP) is 3.39. The van der Waals surface area contributed by atoms with Gasteiger partial charge >= 0.3 is 0 Å². The van der Waals surface area contributed by atoms with Gasteiger partial charge in [0.15, 0.2) is 5.70 Å². The Bertz CT molecular complexity index is 197. The maximum atomic E-state index is 6.86. The summed E-state index contributed by atoms with van der Waals surface area (Å²) in [4.78, 5) is 3.47. The molecule has 1 fully saturated rings. The first-order chi connectivity index (χ1) is 5.24. The van der Waals surface area contributed by atoms with Gasteiger partial charge in [-0.1, -0.05) is 12.5 Å². The fourth-order valence-electron chi connectivity index (χ4n) is 1.55. The first kappa shape index (κ1) is 8.33. The Morgan fingerprint density at radius 2 is 2.00 bits per heavy atom. The third-order valence-electron chi connectivity index (χ3n) is 2.56. The van der Waals surface area contributed by atoms with Crippen molar-refractivity contribution in [1.82, 2.24) is 0 Å². The molecule has 1 heteroatoms. The number of hydrogen-bond acceptors (Lipinski definition) is 0. The number of allylic oxidation sites excluding steroid dienone is 2. The van der Waals surface area contributed by atoms with E-state index in [9.17, 15) is 0 Å². The molecule has 0 aromatic carbocycles. The van der Waals surface area contributed by atoms with Crippen molar-refractivity contribution < 1.29 is 0 Å². The lowest BCUT2D eigenvalue weighted by Gasteiger charge is -2.20. The van der Waals surface area contributed by atoms with E-state index in [0.717, 1.165) is 24.5 Å². The van der Waals surface area contributed by atoms with Gasteiger partial charge in [-0.15, -0.1) is 0 Å². The Hall–Kier alpha value is -0.770. The van der Waals surface area contributed by atoms with E-state index in [2.05, 4.69) is 11.8 Å². The van der Waals surface area contributed by atoms with Gasteiger partial charge in [-0.3, -0.25) is 0 Å². The van der Waals surface area contributed by atoms with Gasteiger partial charge in [0.25, 0.3) is 0 Å². The van der Waals surface area contributed by atoms with E-state index in [1.807, 2.05) is 6.92 Å². The standard InChI is InChI=1S/C10H15N/c1-8-4-6-10(7-5-8)9(2)11-3/h8H,4-7H2,1-2H3. The van der Waals surface area contributed by atoms with Crippen LogP contribution in [0.4, 0.5) is 0 Å². The molecule has 0 aromatic heterocycles. The van der Waals surface area contributed by atoms with Gasteiger partial charge in [0, 0.05) is 0 Å². The molecule has 11 heavy (non-hydrogen) atoms. The molecule has 1 saturated carbocycles. The van der Waals surface area contributed by atoms with E-state index in [0.29, 0.717) is 0 Å². The third-order valence-corrected chi connectivity index (χ3v) is 2.56. The van der Waals surface area contributed by atoms with Gasteiger partial charge in [-0.25, -0.2) is 4.85 Å². The van der Waals surface area contributed by atoms with Gasteiger partial charge < -0.3 is 0 Å². The van der Waals surface area contributed by atoms with Crippen LogP contribution in [0.1, 0.15) is 39.5 Å². The molecule has 0 aromatic rings. The second-order valence-electron chi connectivity index (χ2n) is 3.48. The lowest BCUT2D eigenvalue weighted by atomic mass is 9.86. The van der Waals surface area contributed by atoms with Crippen LogP contribution >= 0.6 is 0 Å². The quantitative estimate of drug-likeness (QED) is 0.465. The van der Waals surface area contributed by atoms with Gasteiger partial charge in [0.1, 0.15) is 0 Å². The average molecular weight is 149 g/mol. The van der Waals surface area contributed by atoms with E-state index < -0.39 is 0 Å². The van der Waals surface area contributed by atoms with Crippen molar-refractivity contribution in [2.24, 2.45) is 5.92 Å². The highest BCUT2D eigenvalue weighted by Crippen LogP contribution is 2.29. The van der Waals surface area contributed by atoms with Gasteiger partial charge in [-0.05, 0) is 38.5 Å². The summed E-state index contributed by atoms with van der Waals surface area (Å²) in [6.45, 7) is 11.1. The van der Waals surface area contributed by atoms with Crippen molar-refractivity contribution in [3.63, 3.8) is 0 Å². The molecule has 0 heterocycles. The van der Waals surface area contributed by atoms with Crippen molar-refractivity contribution in [3.8, 4) is 0 Å². The highest BCUT2D eigenvalue weighted by molar-refractivity contribution is 5.18. The Morgan fingerprint density at radius 1 is 1.45 bits per heavy atom. The van der Waals surface area contributed by atoms with E-state index in [1.165, 1.54) is 18.4 Å². The van der Waals surface area contributed by atoms with Crippen LogP contribution in [0.2, 0.25) is 0 Å². The van der Waals surface area contributed by atoms with Gasteiger partial charge in [-0.2, -0.15) is 0 Å². The average Bonchev–Trinajstić information content (AvgIpc) is 2.05. The summed E-state index contributed by atoms with van der Waals surface area (Å²) in [6, 6.07) is 0. The smallest absolute Gasteiger partial charge is 0.161 e. The predicted molar refractivity (Wildman–Crippen MR) is 46.9 cm³/mol. The fraction of sp³-hybridized carbons (Fsp3) is 0.700. The zero-order chi connectivity index (χ0) is 8.27. The van der Waals surface area contributed by atoms with Crippen molar-refractivity contribution in [3.05, 3.63) is 22.7 Å². The van der Waals surface area contributed by atoms with Crippen molar-refractivity contribution in [2.45, 2.75) is 39.5 Å². The Labute approximate surface area is 68.9 Å². The monoisotopic (exact) mass is 149 g/mol. The SMILES string of the molecule is [C-]#[N+]C(C)=C1CCC(C)CC1. The highest BCUT2D eigenvalue weighted by atomic mass is 14.6.